The molecule has 2 atom stereocenters. The van der Waals surface area contributed by atoms with Crippen molar-refractivity contribution in [2.45, 2.75) is 44.3 Å². The Morgan fingerprint density at radius 1 is 1.24 bits per heavy atom. The van der Waals surface area contributed by atoms with E-state index in [1.165, 1.54) is 12.1 Å². The fraction of sp³-hybridized carbons (Fsp3) is 0.500. The van der Waals surface area contributed by atoms with E-state index < -0.39 is 22.3 Å². The molecule has 0 amide bonds. The molecule has 0 aliphatic heterocycles. The van der Waals surface area contributed by atoms with E-state index in [9.17, 15) is 8.42 Å². The number of rotatable bonds is 5. The summed E-state index contributed by atoms with van der Waals surface area (Å²) in [5.74, 6) is 0. The van der Waals surface area contributed by atoms with Crippen molar-refractivity contribution in [3.8, 4) is 0 Å². The minimum atomic E-state index is -3.73. The van der Waals surface area contributed by atoms with Crippen molar-refractivity contribution in [2.75, 3.05) is 0 Å². The topological polar surface area (TPSA) is 63.6 Å². The summed E-state index contributed by atoms with van der Waals surface area (Å²) in [7, 11) is -3.73. The first-order chi connectivity index (χ1) is 7.81. The van der Waals surface area contributed by atoms with Crippen molar-refractivity contribution in [3.05, 3.63) is 29.8 Å². The molecule has 0 saturated heterocycles. The molecule has 2 unspecified atom stereocenters. The van der Waals surface area contributed by atoms with Crippen LogP contribution in [0.25, 0.3) is 0 Å². The molecule has 1 rings (SSSR count). The minimum Gasteiger partial charge on any atom is -0.393 e. The first-order valence-electron chi connectivity index (χ1n) is 5.49. The van der Waals surface area contributed by atoms with Gasteiger partial charge in [-0.25, -0.2) is 0 Å². The van der Waals surface area contributed by atoms with Crippen LogP contribution in [0.15, 0.2) is 29.2 Å². The third-order valence-electron chi connectivity index (χ3n) is 2.27. The van der Waals surface area contributed by atoms with Gasteiger partial charge >= 0.3 is 0 Å². The quantitative estimate of drug-likeness (QED) is 0.819. The van der Waals surface area contributed by atoms with Crippen LogP contribution in [0.4, 0.5) is 0 Å². The number of aliphatic hydroxyl groups excluding tert-OH is 1. The van der Waals surface area contributed by atoms with Crippen LogP contribution >= 0.6 is 0 Å². The summed E-state index contributed by atoms with van der Waals surface area (Å²) in [5, 5.41) is 9.15. The lowest BCUT2D eigenvalue weighted by Crippen LogP contribution is -2.19. The highest BCUT2D eigenvalue weighted by atomic mass is 32.2. The third kappa shape index (κ3) is 4.46. The van der Waals surface area contributed by atoms with E-state index in [-0.39, 0.29) is 11.3 Å². The van der Waals surface area contributed by atoms with E-state index in [1.54, 1.807) is 26.0 Å². The average molecular weight is 258 g/mol. The number of aliphatic hydroxyl groups is 1. The van der Waals surface area contributed by atoms with Crippen LogP contribution < -0.4 is 0 Å². The Hall–Kier alpha value is -0.910. The van der Waals surface area contributed by atoms with Gasteiger partial charge in [0.25, 0.3) is 10.1 Å². The predicted octanol–water partition coefficient (Wildman–Crippen LogP) is 1.86. The molecule has 1 aromatic rings. The average Bonchev–Trinajstić information content (AvgIpc) is 2.15. The molecule has 0 aliphatic carbocycles. The molecule has 0 fully saturated rings. The van der Waals surface area contributed by atoms with E-state index in [0.717, 1.165) is 5.56 Å². The monoisotopic (exact) mass is 258 g/mol. The molecule has 4 nitrogen and oxygen atoms in total. The van der Waals surface area contributed by atoms with Gasteiger partial charge in [0.05, 0.1) is 17.1 Å². The first kappa shape index (κ1) is 14.2. The fourth-order valence-corrected chi connectivity index (χ4v) is 2.59. The summed E-state index contributed by atoms with van der Waals surface area (Å²) in [6.07, 6.45) is -0.843. The fourth-order valence-electron chi connectivity index (χ4n) is 1.50. The molecule has 0 aromatic heterocycles. The first-order valence-corrected chi connectivity index (χ1v) is 6.90. The van der Waals surface area contributed by atoms with E-state index in [1.807, 2.05) is 6.92 Å². The zero-order valence-electron chi connectivity index (χ0n) is 10.3. The van der Waals surface area contributed by atoms with Crippen LogP contribution in [-0.2, 0) is 14.3 Å². The second-order valence-electron chi connectivity index (χ2n) is 4.26. The van der Waals surface area contributed by atoms with Crippen LogP contribution in [0.5, 0.6) is 0 Å². The van der Waals surface area contributed by atoms with Gasteiger partial charge in [0, 0.05) is 6.42 Å². The standard InChI is InChI=1S/C12H18O4S/c1-9-4-6-12(7-5-9)17(14,15)16-11(3)8-10(2)13/h4-7,10-11,13H,8H2,1-3H3. The third-order valence-corrected chi connectivity index (χ3v) is 3.71. The Bertz CT molecular complexity index is 448. The SMILES string of the molecule is Cc1ccc(S(=O)(=O)OC(C)CC(C)O)cc1. The summed E-state index contributed by atoms with van der Waals surface area (Å²) in [6, 6.07) is 6.46. The largest absolute Gasteiger partial charge is 0.393 e. The van der Waals surface area contributed by atoms with Crippen LogP contribution in [0, 0.1) is 6.92 Å². The lowest BCUT2D eigenvalue weighted by Gasteiger charge is -2.14. The zero-order valence-corrected chi connectivity index (χ0v) is 11.1. The predicted molar refractivity (Wildman–Crippen MR) is 65.2 cm³/mol. The maximum atomic E-state index is 11.8. The molecule has 1 N–H and O–H groups in total. The smallest absolute Gasteiger partial charge is 0.297 e. The highest BCUT2D eigenvalue weighted by Gasteiger charge is 2.19. The molecular formula is C12H18O4S. The van der Waals surface area contributed by atoms with Crippen molar-refractivity contribution in [2.24, 2.45) is 0 Å². The highest BCUT2D eigenvalue weighted by molar-refractivity contribution is 7.86. The van der Waals surface area contributed by atoms with Crippen LogP contribution in [0.2, 0.25) is 0 Å². The Kier molecular flexibility index (Phi) is 4.68. The molecule has 0 saturated carbocycles. The van der Waals surface area contributed by atoms with Gasteiger partial charge in [0.15, 0.2) is 0 Å². The highest BCUT2D eigenvalue weighted by Crippen LogP contribution is 2.16. The molecule has 0 spiro atoms. The molecule has 0 radical (unpaired) electrons. The van der Waals surface area contributed by atoms with Gasteiger partial charge in [-0.15, -0.1) is 0 Å². The Balaban J connectivity index is 2.78. The lowest BCUT2D eigenvalue weighted by atomic mass is 10.2. The van der Waals surface area contributed by atoms with E-state index in [0.29, 0.717) is 0 Å². The molecule has 0 aliphatic rings. The van der Waals surface area contributed by atoms with Crippen molar-refractivity contribution >= 4 is 10.1 Å². The van der Waals surface area contributed by atoms with E-state index in [4.69, 9.17) is 9.29 Å². The van der Waals surface area contributed by atoms with E-state index in [2.05, 4.69) is 0 Å². The molecular weight excluding hydrogens is 240 g/mol. The normalized spacial score (nSPS) is 15.5. The molecule has 0 bridgehead atoms. The van der Waals surface area contributed by atoms with Gasteiger partial charge in [-0.3, -0.25) is 4.18 Å². The summed E-state index contributed by atoms with van der Waals surface area (Å²) >= 11 is 0. The zero-order chi connectivity index (χ0) is 13.1. The Morgan fingerprint density at radius 2 is 1.76 bits per heavy atom. The van der Waals surface area contributed by atoms with E-state index >= 15 is 0 Å². The summed E-state index contributed by atoms with van der Waals surface area (Å²) < 4.78 is 28.6. The van der Waals surface area contributed by atoms with Crippen LogP contribution in [0.1, 0.15) is 25.8 Å². The summed E-state index contributed by atoms with van der Waals surface area (Å²) in [6.45, 7) is 5.10. The Morgan fingerprint density at radius 3 is 2.24 bits per heavy atom. The number of aryl methyl sites for hydroxylation is 1. The maximum absolute atomic E-state index is 11.8. The molecule has 5 heteroatoms. The second-order valence-corrected chi connectivity index (χ2v) is 5.83. The van der Waals surface area contributed by atoms with Crippen molar-refractivity contribution in [3.63, 3.8) is 0 Å². The van der Waals surface area contributed by atoms with Gasteiger partial charge in [-0.2, -0.15) is 8.42 Å². The van der Waals surface area contributed by atoms with Gasteiger partial charge in [-0.1, -0.05) is 17.7 Å². The molecule has 17 heavy (non-hydrogen) atoms. The van der Waals surface area contributed by atoms with Crippen molar-refractivity contribution in [1.29, 1.82) is 0 Å². The second kappa shape index (κ2) is 5.62. The van der Waals surface area contributed by atoms with Crippen LogP contribution in [-0.4, -0.2) is 25.7 Å². The minimum absolute atomic E-state index is 0.139. The lowest BCUT2D eigenvalue weighted by molar-refractivity contribution is 0.119. The van der Waals surface area contributed by atoms with Crippen molar-refractivity contribution in [1.82, 2.24) is 0 Å². The Labute approximate surface area is 102 Å². The molecule has 96 valence electrons. The summed E-state index contributed by atoms with van der Waals surface area (Å²) in [5.41, 5.74) is 0.987. The van der Waals surface area contributed by atoms with Gasteiger partial charge in [0.1, 0.15) is 0 Å². The molecule has 0 heterocycles. The number of benzene rings is 1. The van der Waals surface area contributed by atoms with Gasteiger partial charge < -0.3 is 5.11 Å². The number of hydrogen-bond acceptors (Lipinski definition) is 4. The van der Waals surface area contributed by atoms with Gasteiger partial charge in [0.2, 0.25) is 0 Å². The summed E-state index contributed by atoms with van der Waals surface area (Å²) in [4.78, 5) is 0.139. The van der Waals surface area contributed by atoms with Crippen LogP contribution in [0.3, 0.4) is 0 Å². The number of hydrogen-bond donors (Lipinski definition) is 1. The molecule has 1 aromatic carbocycles. The maximum Gasteiger partial charge on any atom is 0.297 e. The van der Waals surface area contributed by atoms with Crippen molar-refractivity contribution < 1.29 is 17.7 Å². The van der Waals surface area contributed by atoms with Gasteiger partial charge in [-0.05, 0) is 32.9 Å².